The molecule has 0 aliphatic carbocycles. The Morgan fingerprint density at radius 1 is 1.53 bits per heavy atom. The normalized spacial score (nSPS) is 19.5. The van der Waals surface area contributed by atoms with Gasteiger partial charge in [0.05, 0.1) is 10.8 Å². The third kappa shape index (κ3) is 2.97. The summed E-state index contributed by atoms with van der Waals surface area (Å²) in [6.45, 7) is 5.11. The van der Waals surface area contributed by atoms with Crippen molar-refractivity contribution in [2.24, 2.45) is 5.92 Å². The maximum Gasteiger partial charge on any atom is 0.308 e. The molecule has 104 valence electrons. The Hall–Kier alpha value is -1.36. The van der Waals surface area contributed by atoms with Crippen LogP contribution in [-0.2, 0) is 11.2 Å². The molecule has 2 rings (SSSR count). The fraction of sp³-hybridized carbons (Fsp3) is 0.571. The van der Waals surface area contributed by atoms with E-state index in [4.69, 9.17) is 5.11 Å². The summed E-state index contributed by atoms with van der Waals surface area (Å²) < 4.78 is 0. The first kappa shape index (κ1) is 14.1. The zero-order valence-corrected chi connectivity index (χ0v) is 12.1. The van der Waals surface area contributed by atoms with Gasteiger partial charge in [-0.1, -0.05) is 6.92 Å². The number of carbonyl (C=O) groups excluding carboxylic acids is 1. The first-order chi connectivity index (χ1) is 9.02. The van der Waals surface area contributed by atoms with Gasteiger partial charge in [0, 0.05) is 18.0 Å². The van der Waals surface area contributed by atoms with Crippen molar-refractivity contribution in [3.63, 3.8) is 0 Å². The average molecular weight is 281 g/mol. The van der Waals surface area contributed by atoms with E-state index in [9.17, 15) is 9.59 Å². The second kappa shape index (κ2) is 5.74. The molecule has 1 amide bonds. The van der Waals surface area contributed by atoms with E-state index < -0.39 is 11.9 Å². The molecule has 0 bridgehead atoms. The van der Waals surface area contributed by atoms with Gasteiger partial charge in [-0.05, 0) is 37.8 Å². The van der Waals surface area contributed by atoms with Crippen molar-refractivity contribution in [1.82, 2.24) is 4.90 Å². The molecule has 1 aliphatic heterocycles. The van der Waals surface area contributed by atoms with Crippen LogP contribution in [0.25, 0.3) is 0 Å². The number of likely N-dealkylation sites (tertiary alicyclic amines) is 1. The Morgan fingerprint density at radius 3 is 2.84 bits per heavy atom. The lowest BCUT2D eigenvalue weighted by atomic mass is 9.98. The highest BCUT2D eigenvalue weighted by Gasteiger charge is 2.29. The monoisotopic (exact) mass is 281 g/mol. The fourth-order valence-corrected chi connectivity index (χ4v) is 3.58. The molecule has 0 aromatic carbocycles. The van der Waals surface area contributed by atoms with Crippen molar-refractivity contribution in [2.45, 2.75) is 33.1 Å². The van der Waals surface area contributed by atoms with Crippen LogP contribution in [-0.4, -0.2) is 35.0 Å². The van der Waals surface area contributed by atoms with Gasteiger partial charge in [-0.25, -0.2) is 0 Å². The van der Waals surface area contributed by atoms with Crippen molar-refractivity contribution in [3.8, 4) is 0 Å². The van der Waals surface area contributed by atoms with Crippen LogP contribution < -0.4 is 0 Å². The number of thiophene rings is 1. The third-order valence-electron chi connectivity index (χ3n) is 3.67. The minimum Gasteiger partial charge on any atom is -0.481 e. The Kier molecular flexibility index (Phi) is 4.24. The van der Waals surface area contributed by atoms with E-state index in [-0.39, 0.29) is 5.91 Å². The molecule has 0 saturated carbocycles. The number of hydrogen-bond donors (Lipinski definition) is 1. The molecule has 0 radical (unpaired) electrons. The van der Waals surface area contributed by atoms with Gasteiger partial charge in [0.25, 0.3) is 5.91 Å². The SMILES string of the molecule is CCc1cc(C(=O)N2CCC[C@H](C(=O)O)C2)sc1C. The predicted molar refractivity (Wildman–Crippen MR) is 74.7 cm³/mol. The first-order valence-corrected chi connectivity index (χ1v) is 7.46. The zero-order chi connectivity index (χ0) is 14.0. The molecule has 0 spiro atoms. The van der Waals surface area contributed by atoms with Crippen LogP contribution >= 0.6 is 11.3 Å². The van der Waals surface area contributed by atoms with Crippen LogP contribution in [0, 0.1) is 12.8 Å². The lowest BCUT2D eigenvalue weighted by molar-refractivity contribution is -0.143. The number of carboxylic acid groups (broad SMARTS) is 1. The summed E-state index contributed by atoms with van der Waals surface area (Å²) in [7, 11) is 0. The Balaban J connectivity index is 2.12. The van der Waals surface area contributed by atoms with Gasteiger partial charge >= 0.3 is 5.97 Å². The molecular weight excluding hydrogens is 262 g/mol. The van der Waals surface area contributed by atoms with Gasteiger partial charge in [-0.15, -0.1) is 11.3 Å². The van der Waals surface area contributed by atoms with Crippen molar-refractivity contribution in [3.05, 3.63) is 21.4 Å². The van der Waals surface area contributed by atoms with E-state index in [2.05, 4.69) is 6.92 Å². The predicted octanol–water partition coefficient (Wildman–Crippen LogP) is 2.56. The van der Waals surface area contributed by atoms with Crippen LogP contribution in [0.4, 0.5) is 0 Å². The molecule has 4 nitrogen and oxygen atoms in total. The largest absolute Gasteiger partial charge is 0.481 e. The van der Waals surface area contributed by atoms with Crippen molar-refractivity contribution in [1.29, 1.82) is 0 Å². The summed E-state index contributed by atoms with van der Waals surface area (Å²) in [6, 6.07) is 1.95. The standard InChI is InChI=1S/C14H19NO3S/c1-3-10-7-12(19-9(10)2)13(16)15-6-4-5-11(8-15)14(17)18/h7,11H,3-6,8H2,1-2H3,(H,17,18)/t11-/m0/s1. The summed E-state index contributed by atoms with van der Waals surface area (Å²) >= 11 is 1.51. The zero-order valence-electron chi connectivity index (χ0n) is 11.3. The highest BCUT2D eigenvalue weighted by Crippen LogP contribution is 2.25. The van der Waals surface area contributed by atoms with E-state index >= 15 is 0 Å². The number of hydrogen-bond acceptors (Lipinski definition) is 3. The van der Waals surface area contributed by atoms with Gasteiger partial charge in [-0.3, -0.25) is 9.59 Å². The second-order valence-electron chi connectivity index (χ2n) is 4.97. The Morgan fingerprint density at radius 2 is 2.26 bits per heavy atom. The van der Waals surface area contributed by atoms with Gasteiger partial charge in [-0.2, -0.15) is 0 Å². The van der Waals surface area contributed by atoms with E-state index in [0.29, 0.717) is 19.5 Å². The van der Waals surface area contributed by atoms with Crippen LogP contribution in [0.5, 0.6) is 0 Å². The number of aryl methyl sites for hydroxylation is 2. The minimum absolute atomic E-state index is 0.0150. The Labute approximate surface area is 117 Å². The topological polar surface area (TPSA) is 57.6 Å². The van der Waals surface area contributed by atoms with Crippen LogP contribution in [0.3, 0.4) is 0 Å². The number of aliphatic carboxylic acids is 1. The number of piperidine rings is 1. The molecule has 1 fully saturated rings. The van der Waals surface area contributed by atoms with Gasteiger partial charge < -0.3 is 10.0 Å². The lowest BCUT2D eigenvalue weighted by Crippen LogP contribution is -2.42. The maximum absolute atomic E-state index is 12.4. The summed E-state index contributed by atoms with van der Waals surface area (Å²) in [5.74, 6) is -1.22. The molecule has 1 aromatic heterocycles. The number of amides is 1. The number of carbonyl (C=O) groups is 2. The van der Waals surface area contributed by atoms with E-state index in [0.717, 1.165) is 17.7 Å². The number of nitrogens with zero attached hydrogens (tertiary/aromatic N) is 1. The molecule has 2 heterocycles. The van der Waals surface area contributed by atoms with Gasteiger partial charge in [0.15, 0.2) is 0 Å². The van der Waals surface area contributed by atoms with E-state index in [1.807, 2.05) is 13.0 Å². The molecule has 5 heteroatoms. The van der Waals surface area contributed by atoms with Crippen molar-refractivity contribution >= 4 is 23.2 Å². The summed E-state index contributed by atoms with van der Waals surface area (Å²) in [5, 5.41) is 9.06. The minimum atomic E-state index is -0.797. The number of rotatable bonds is 3. The van der Waals surface area contributed by atoms with E-state index in [1.165, 1.54) is 21.8 Å². The summed E-state index contributed by atoms with van der Waals surface area (Å²) in [6.07, 6.45) is 2.36. The molecule has 1 atom stereocenters. The maximum atomic E-state index is 12.4. The average Bonchev–Trinajstić information content (AvgIpc) is 2.79. The first-order valence-electron chi connectivity index (χ1n) is 6.64. The van der Waals surface area contributed by atoms with Crippen LogP contribution in [0.1, 0.15) is 39.9 Å². The molecule has 1 aromatic rings. The number of carboxylic acids is 1. The third-order valence-corrected chi connectivity index (χ3v) is 4.75. The van der Waals surface area contributed by atoms with Gasteiger partial charge in [0.2, 0.25) is 0 Å². The summed E-state index contributed by atoms with van der Waals surface area (Å²) in [5.41, 5.74) is 1.21. The lowest BCUT2D eigenvalue weighted by Gasteiger charge is -2.30. The second-order valence-corrected chi connectivity index (χ2v) is 6.23. The van der Waals surface area contributed by atoms with Crippen molar-refractivity contribution < 1.29 is 14.7 Å². The molecule has 19 heavy (non-hydrogen) atoms. The quantitative estimate of drug-likeness (QED) is 0.926. The molecule has 0 unspecified atom stereocenters. The van der Waals surface area contributed by atoms with Crippen molar-refractivity contribution in [2.75, 3.05) is 13.1 Å². The molecular formula is C14H19NO3S. The highest BCUT2D eigenvalue weighted by molar-refractivity contribution is 7.14. The molecule has 1 N–H and O–H groups in total. The Bertz CT molecular complexity index is 495. The summed E-state index contributed by atoms with van der Waals surface area (Å²) in [4.78, 5) is 27.0. The van der Waals surface area contributed by atoms with Gasteiger partial charge in [0.1, 0.15) is 0 Å². The van der Waals surface area contributed by atoms with Crippen LogP contribution in [0.2, 0.25) is 0 Å². The van der Waals surface area contributed by atoms with E-state index in [1.54, 1.807) is 4.90 Å². The molecule has 1 saturated heterocycles. The van der Waals surface area contributed by atoms with Crippen LogP contribution in [0.15, 0.2) is 6.07 Å². The smallest absolute Gasteiger partial charge is 0.308 e. The highest BCUT2D eigenvalue weighted by atomic mass is 32.1. The fourth-order valence-electron chi connectivity index (χ4n) is 2.50. The molecule has 1 aliphatic rings.